The van der Waals surface area contributed by atoms with E-state index in [-0.39, 0.29) is 11.5 Å². The molecule has 2 nitrogen and oxygen atoms in total. The number of ketones is 1. The predicted octanol–water partition coefficient (Wildman–Crippen LogP) is 4.45. The summed E-state index contributed by atoms with van der Waals surface area (Å²) in [5.74, 6) is 0.369. The van der Waals surface area contributed by atoms with Gasteiger partial charge in [-0.2, -0.15) is 0 Å². The molecule has 1 aromatic rings. The third-order valence-electron chi connectivity index (χ3n) is 5.02. The summed E-state index contributed by atoms with van der Waals surface area (Å²) in [6, 6.07) is 8.13. The topological polar surface area (TPSA) is 20.3 Å². The van der Waals surface area contributed by atoms with Crippen LogP contribution in [0.3, 0.4) is 0 Å². The minimum atomic E-state index is -0.0102. The molecule has 2 rings (SSSR count). The molecule has 0 aliphatic heterocycles. The number of hydrogen-bond acceptors (Lipinski definition) is 2. The van der Waals surface area contributed by atoms with Gasteiger partial charge < -0.3 is 0 Å². The van der Waals surface area contributed by atoms with Gasteiger partial charge in [-0.15, -0.1) is 0 Å². The van der Waals surface area contributed by atoms with E-state index in [1.807, 2.05) is 19.1 Å². The number of likely N-dealkylation sites (N-methyl/N-ethyl adjacent to an activating group) is 1. The van der Waals surface area contributed by atoms with Gasteiger partial charge >= 0.3 is 0 Å². The summed E-state index contributed by atoms with van der Waals surface area (Å²) in [6.45, 7) is 8.11. The van der Waals surface area contributed by atoms with Crippen molar-refractivity contribution in [2.75, 3.05) is 13.1 Å². The van der Waals surface area contributed by atoms with Crippen molar-refractivity contribution in [2.24, 2.45) is 0 Å². The number of Topliss-reactive ketones (excluding diaryl/α,β-unsaturated/α-hetero) is 1. The van der Waals surface area contributed by atoms with Crippen LogP contribution in [0.15, 0.2) is 24.3 Å². The number of halogens is 1. The van der Waals surface area contributed by atoms with E-state index in [1.54, 1.807) is 0 Å². The Labute approximate surface area is 133 Å². The molecule has 1 aromatic carbocycles. The molecule has 1 saturated carbocycles. The van der Waals surface area contributed by atoms with Crippen molar-refractivity contribution in [1.29, 1.82) is 0 Å². The zero-order valence-electron chi connectivity index (χ0n) is 13.4. The largest absolute Gasteiger partial charge is 0.298 e. The maximum atomic E-state index is 12.7. The number of nitrogens with zero attached hydrogens (tertiary/aromatic N) is 1. The zero-order chi connectivity index (χ0) is 15.5. The fourth-order valence-electron chi connectivity index (χ4n) is 3.70. The lowest BCUT2D eigenvalue weighted by molar-refractivity contribution is -0.128. The van der Waals surface area contributed by atoms with E-state index in [9.17, 15) is 4.79 Å². The average Bonchev–Trinajstić information content (AvgIpc) is 2.46. The van der Waals surface area contributed by atoms with Gasteiger partial charge in [0.1, 0.15) is 0 Å². The van der Waals surface area contributed by atoms with E-state index in [4.69, 9.17) is 11.6 Å². The summed E-state index contributed by atoms with van der Waals surface area (Å²) in [5, 5.41) is 0.759. The smallest absolute Gasteiger partial charge is 0.150 e. The molecule has 0 amide bonds. The second-order valence-electron chi connectivity index (χ2n) is 5.96. The van der Waals surface area contributed by atoms with Crippen molar-refractivity contribution < 1.29 is 4.79 Å². The normalized spacial score (nSPS) is 18.3. The van der Waals surface area contributed by atoms with E-state index in [1.165, 1.54) is 12.0 Å². The first-order chi connectivity index (χ1) is 10.1. The molecule has 1 aliphatic carbocycles. The van der Waals surface area contributed by atoms with E-state index >= 15 is 0 Å². The lowest BCUT2D eigenvalue weighted by Crippen LogP contribution is -2.58. The summed E-state index contributed by atoms with van der Waals surface area (Å²) < 4.78 is 0. The van der Waals surface area contributed by atoms with Gasteiger partial charge in [0.25, 0.3) is 0 Å². The van der Waals surface area contributed by atoms with Crippen LogP contribution in [0.25, 0.3) is 0 Å². The molecule has 0 radical (unpaired) electrons. The van der Waals surface area contributed by atoms with Crippen LogP contribution in [-0.4, -0.2) is 29.8 Å². The molecule has 0 saturated heterocycles. The maximum absolute atomic E-state index is 12.7. The second kappa shape index (κ2) is 6.93. The molecule has 21 heavy (non-hydrogen) atoms. The Morgan fingerprint density at radius 1 is 1.19 bits per heavy atom. The van der Waals surface area contributed by atoms with Gasteiger partial charge in [0.05, 0.1) is 6.04 Å². The van der Waals surface area contributed by atoms with Gasteiger partial charge in [-0.3, -0.25) is 9.69 Å². The zero-order valence-corrected chi connectivity index (χ0v) is 14.1. The minimum absolute atomic E-state index is 0.00688. The molecule has 0 spiro atoms. The minimum Gasteiger partial charge on any atom is -0.298 e. The van der Waals surface area contributed by atoms with Crippen LogP contribution in [0, 0.1) is 0 Å². The van der Waals surface area contributed by atoms with Crippen molar-refractivity contribution in [2.45, 2.75) is 57.9 Å². The quantitative estimate of drug-likeness (QED) is 0.741. The highest BCUT2D eigenvalue weighted by atomic mass is 35.5. The molecule has 0 aromatic heterocycles. The maximum Gasteiger partial charge on any atom is 0.150 e. The highest BCUT2D eigenvalue weighted by Gasteiger charge is 2.49. The van der Waals surface area contributed by atoms with Crippen molar-refractivity contribution in [1.82, 2.24) is 4.90 Å². The van der Waals surface area contributed by atoms with Crippen molar-refractivity contribution in [3.63, 3.8) is 0 Å². The summed E-state index contributed by atoms with van der Waals surface area (Å²) >= 11 is 6.03. The molecule has 1 unspecified atom stereocenters. The Kier molecular flexibility index (Phi) is 5.45. The van der Waals surface area contributed by atoms with E-state index < -0.39 is 0 Å². The molecule has 1 aliphatic rings. The second-order valence-corrected chi connectivity index (χ2v) is 6.40. The highest BCUT2D eigenvalue weighted by Crippen LogP contribution is 2.48. The Hall–Kier alpha value is -0.860. The van der Waals surface area contributed by atoms with Crippen LogP contribution in [0.1, 0.15) is 52.0 Å². The average molecular weight is 308 g/mol. The first-order valence-corrected chi connectivity index (χ1v) is 8.49. The van der Waals surface area contributed by atoms with Crippen molar-refractivity contribution in [3.05, 3.63) is 34.9 Å². The van der Waals surface area contributed by atoms with Crippen LogP contribution in [-0.2, 0) is 10.2 Å². The Bertz CT molecular complexity index is 474. The molecular formula is C18H26ClNO. The molecule has 1 atom stereocenters. The molecule has 3 heteroatoms. The van der Waals surface area contributed by atoms with Gasteiger partial charge in [-0.1, -0.05) is 50.9 Å². The Morgan fingerprint density at radius 2 is 1.76 bits per heavy atom. The lowest BCUT2D eigenvalue weighted by atomic mass is 9.58. The van der Waals surface area contributed by atoms with Crippen LogP contribution in [0.5, 0.6) is 0 Å². The molecule has 116 valence electrons. The van der Waals surface area contributed by atoms with Gasteiger partial charge in [0, 0.05) is 16.9 Å². The number of carbonyl (C=O) groups is 1. The van der Waals surface area contributed by atoms with E-state index in [0.717, 1.165) is 31.0 Å². The van der Waals surface area contributed by atoms with Crippen molar-refractivity contribution >= 4 is 17.4 Å². The molecule has 0 N–H and O–H groups in total. The fraction of sp³-hybridized carbons (Fsp3) is 0.611. The van der Waals surface area contributed by atoms with E-state index in [2.05, 4.69) is 30.9 Å². The summed E-state index contributed by atoms with van der Waals surface area (Å²) in [7, 11) is 0. The SMILES string of the molecule is CCC(=O)C(N(CC)CC)C1(c2ccc(Cl)cc2)CCC1. The summed E-state index contributed by atoms with van der Waals surface area (Å²) in [6.07, 6.45) is 4.01. The number of hydrogen-bond donors (Lipinski definition) is 0. The number of carbonyl (C=O) groups excluding carboxylic acids is 1. The molecular weight excluding hydrogens is 282 g/mol. The van der Waals surface area contributed by atoms with Crippen molar-refractivity contribution in [3.8, 4) is 0 Å². The summed E-state index contributed by atoms with van der Waals surface area (Å²) in [5.41, 5.74) is 1.26. The molecule has 0 heterocycles. The first-order valence-electron chi connectivity index (χ1n) is 8.11. The van der Waals surface area contributed by atoms with Gasteiger partial charge in [-0.25, -0.2) is 0 Å². The monoisotopic (exact) mass is 307 g/mol. The van der Waals surface area contributed by atoms with Gasteiger partial charge in [0.2, 0.25) is 0 Å². The molecule has 1 fully saturated rings. The number of rotatable bonds is 7. The van der Waals surface area contributed by atoms with E-state index in [0.29, 0.717) is 12.2 Å². The fourth-order valence-corrected chi connectivity index (χ4v) is 3.83. The Morgan fingerprint density at radius 3 is 2.14 bits per heavy atom. The van der Waals surface area contributed by atoms with Crippen LogP contribution < -0.4 is 0 Å². The standard InChI is InChI=1S/C18H26ClNO/c1-4-16(21)17(20(5-2)6-3)18(12-7-13-18)14-8-10-15(19)11-9-14/h8-11,17H,4-7,12-13H2,1-3H3. The van der Waals surface area contributed by atoms with Gasteiger partial charge in [-0.05, 0) is 43.6 Å². The highest BCUT2D eigenvalue weighted by molar-refractivity contribution is 6.30. The van der Waals surface area contributed by atoms with Crippen LogP contribution in [0.4, 0.5) is 0 Å². The Balaban J connectivity index is 2.43. The first kappa shape index (κ1) is 16.5. The molecule has 0 bridgehead atoms. The van der Waals surface area contributed by atoms with Gasteiger partial charge in [0.15, 0.2) is 5.78 Å². The lowest BCUT2D eigenvalue weighted by Gasteiger charge is -2.51. The third kappa shape index (κ3) is 3.02. The summed E-state index contributed by atoms with van der Waals surface area (Å²) in [4.78, 5) is 15.0. The van der Waals surface area contributed by atoms with Crippen LogP contribution >= 0.6 is 11.6 Å². The number of benzene rings is 1. The van der Waals surface area contributed by atoms with Crippen LogP contribution in [0.2, 0.25) is 5.02 Å². The third-order valence-corrected chi connectivity index (χ3v) is 5.27. The predicted molar refractivity (Wildman–Crippen MR) is 89.0 cm³/mol.